The zero-order valence-electron chi connectivity index (χ0n) is 9.59. The van der Waals surface area contributed by atoms with E-state index >= 15 is 0 Å². The Morgan fingerprint density at radius 1 is 0.889 bits per heavy atom. The number of nitrogens with one attached hydrogen (secondary N) is 1. The summed E-state index contributed by atoms with van der Waals surface area (Å²) in [6.45, 7) is 1.30. The van der Waals surface area contributed by atoms with Crippen molar-refractivity contribution in [2.24, 2.45) is 0 Å². The fourth-order valence-electron chi connectivity index (χ4n) is 1.60. The van der Waals surface area contributed by atoms with E-state index < -0.39 is 0 Å². The SMILES string of the molecule is Fc1cc(CNCc2ccc(Cl)cc2)ccc1Cl. The Kier molecular flexibility index (Phi) is 4.59. The molecule has 0 atom stereocenters. The summed E-state index contributed by atoms with van der Waals surface area (Å²) in [6.07, 6.45) is 0. The third kappa shape index (κ3) is 3.70. The third-order valence-electron chi connectivity index (χ3n) is 2.56. The summed E-state index contributed by atoms with van der Waals surface area (Å²) in [5.74, 6) is -0.387. The summed E-state index contributed by atoms with van der Waals surface area (Å²) in [5.41, 5.74) is 2.00. The van der Waals surface area contributed by atoms with E-state index in [1.54, 1.807) is 12.1 Å². The van der Waals surface area contributed by atoms with Gasteiger partial charge in [-0.3, -0.25) is 0 Å². The number of hydrogen-bond donors (Lipinski definition) is 1. The molecule has 2 aromatic carbocycles. The van der Waals surface area contributed by atoms with Crippen molar-refractivity contribution in [3.8, 4) is 0 Å². The van der Waals surface area contributed by atoms with E-state index in [0.717, 1.165) is 16.1 Å². The molecule has 0 amide bonds. The van der Waals surface area contributed by atoms with Gasteiger partial charge in [0.05, 0.1) is 5.02 Å². The second-order valence-corrected chi connectivity index (χ2v) is 4.82. The molecule has 0 aliphatic carbocycles. The van der Waals surface area contributed by atoms with E-state index in [2.05, 4.69) is 5.32 Å². The summed E-state index contributed by atoms with van der Waals surface area (Å²) in [4.78, 5) is 0. The molecule has 2 aromatic rings. The van der Waals surface area contributed by atoms with Crippen LogP contribution in [0.25, 0.3) is 0 Å². The van der Waals surface area contributed by atoms with Crippen LogP contribution in [0.5, 0.6) is 0 Å². The van der Waals surface area contributed by atoms with Crippen LogP contribution in [0, 0.1) is 5.82 Å². The zero-order valence-corrected chi connectivity index (χ0v) is 11.1. The number of halogens is 3. The topological polar surface area (TPSA) is 12.0 Å². The van der Waals surface area contributed by atoms with Crippen LogP contribution < -0.4 is 5.32 Å². The van der Waals surface area contributed by atoms with Crippen molar-refractivity contribution in [2.45, 2.75) is 13.1 Å². The monoisotopic (exact) mass is 283 g/mol. The summed E-state index contributed by atoms with van der Waals surface area (Å²) in [5, 5.41) is 4.10. The van der Waals surface area contributed by atoms with Crippen LogP contribution in [-0.4, -0.2) is 0 Å². The van der Waals surface area contributed by atoms with Crippen molar-refractivity contribution < 1.29 is 4.39 Å². The molecule has 0 spiro atoms. The highest BCUT2D eigenvalue weighted by Crippen LogP contribution is 2.15. The maximum Gasteiger partial charge on any atom is 0.142 e. The Morgan fingerprint density at radius 2 is 1.50 bits per heavy atom. The summed E-state index contributed by atoms with van der Waals surface area (Å²) in [6, 6.07) is 12.4. The first-order valence-electron chi connectivity index (χ1n) is 5.54. The van der Waals surface area contributed by atoms with Gasteiger partial charge in [-0.2, -0.15) is 0 Å². The van der Waals surface area contributed by atoms with Crippen LogP contribution in [0.1, 0.15) is 11.1 Å². The molecule has 2 rings (SSSR count). The van der Waals surface area contributed by atoms with E-state index in [1.807, 2.05) is 24.3 Å². The average Bonchev–Trinajstić information content (AvgIpc) is 2.36. The summed E-state index contributed by atoms with van der Waals surface area (Å²) >= 11 is 11.4. The van der Waals surface area contributed by atoms with Crippen LogP contribution in [0.2, 0.25) is 10.0 Å². The molecule has 0 bridgehead atoms. The van der Waals surface area contributed by atoms with Crippen molar-refractivity contribution >= 4 is 23.2 Å². The lowest BCUT2D eigenvalue weighted by atomic mass is 10.2. The molecule has 0 aliphatic heterocycles. The first-order valence-corrected chi connectivity index (χ1v) is 6.30. The molecule has 18 heavy (non-hydrogen) atoms. The highest BCUT2D eigenvalue weighted by Gasteiger charge is 2.00. The van der Waals surface area contributed by atoms with E-state index in [4.69, 9.17) is 23.2 Å². The van der Waals surface area contributed by atoms with Gasteiger partial charge >= 0.3 is 0 Å². The predicted octanol–water partition coefficient (Wildman–Crippen LogP) is 4.42. The number of benzene rings is 2. The van der Waals surface area contributed by atoms with Crippen LogP contribution in [-0.2, 0) is 13.1 Å². The molecule has 0 radical (unpaired) electrons. The van der Waals surface area contributed by atoms with Crippen molar-refractivity contribution in [1.29, 1.82) is 0 Å². The largest absolute Gasteiger partial charge is 0.309 e. The van der Waals surface area contributed by atoms with Crippen molar-refractivity contribution in [3.05, 3.63) is 69.5 Å². The van der Waals surface area contributed by atoms with Crippen LogP contribution in [0.4, 0.5) is 4.39 Å². The fraction of sp³-hybridized carbons (Fsp3) is 0.143. The Balaban J connectivity index is 1.88. The molecular formula is C14H12Cl2FN. The van der Waals surface area contributed by atoms with Gasteiger partial charge in [0.2, 0.25) is 0 Å². The molecule has 0 aliphatic rings. The van der Waals surface area contributed by atoms with Gasteiger partial charge in [-0.25, -0.2) is 4.39 Å². The smallest absolute Gasteiger partial charge is 0.142 e. The molecule has 4 heteroatoms. The fourth-order valence-corrected chi connectivity index (χ4v) is 1.85. The van der Waals surface area contributed by atoms with Crippen LogP contribution in [0.3, 0.4) is 0 Å². The van der Waals surface area contributed by atoms with Gasteiger partial charge in [0.25, 0.3) is 0 Å². The molecule has 0 saturated heterocycles. The standard InChI is InChI=1S/C14H12Cl2FN/c15-12-4-1-10(2-5-12)8-18-9-11-3-6-13(16)14(17)7-11/h1-7,18H,8-9H2. The highest BCUT2D eigenvalue weighted by atomic mass is 35.5. The molecule has 0 fully saturated rings. The molecule has 1 N–H and O–H groups in total. The highest BCUT2D eigenvalue weighted by molar-refractivity contribution is 6.30. The number of rotatable bonds is 4. The Hall–Kier alpha value is -1.09. The van der Waals surface area contributed by atoms with Gasteiger partial charge in [-0.05, 0) is 35.4 Å². The van der Waals surface area contributed by atoms with Gasteiger partial charge in [-0.1, -0.05) is 41.4 Å². The molecular weight excluding hydrogens is 272 g/mol. The lowest BCUT2D eigenvalue weighted by Crippen LogP contribution is -2.12. The van der Waals surface area contributed by atoms with E-state index in [-0.39, 0.29) is 10.8 Å². The average molecular weight is 284 g/mol. The predicted molar refractivity (Wildman–Crippen MR) is 73.4 cm³/mol. The summed E-state index contributed by atoms with van der Waals surface area (Å²) < 4.78 is 13.2. The maximum absolute atomic E-state index is 13.2. The molecule has 0 saturated carbocycles. The second-order valence-electron chi connectivity index (χ2n) is 3.98. The van der Waals surface area contributed by atoms with E-state index in [0.29, 0.717) is 13.1 Å². The van der Waals surface area contributed by atoms with E-state index in [1.165, 1.54) is 6.07 Å². The van der Waals surface area contributed by atoms with Gasteiger partial charge < -0.3 is 5.32 Å². The Bertz CT molecular complexity index is 526. The van der Waals surface area contributed by atoms with Gasteiger partial charge in [0, 0.05) is 18.1 Å². The van der Waals surface area contributed by atoms with Crippen molar-refractivity contribution in [2.75, 3.05) is 0 Å². The Morgan fingerprint density at radius 3 is 2.17 bits per heavy atom. The van der Waals surface area contributed by atoms with Crippen LogP contribution in [0.15, 0.2) is 42.5 Å². The number of hydrogen-bond acceptors (Lipinski definition) is 1. The molecule has 0 unspecified atom stereocenters. The summed E-state index contributed by atoms with van der Waals surface area (Å²) in [7, 11) is 0. The minimum Gasteiger partial charge on any atom is -0.309 e. The first-order chi connectivity index (χ1) is 8.65. The minimum absolute atomic E-state index is 0.149. The van der Waals surface area contributed by atoms with E-state index in [9.17, 15) is 4.39 Å². The Labute approximate surface area is 116 Å². The lowest BCUT2D eigenvalue weighted by molar-refractivity contribution is 0.620. The van der Waals surface area contributed by atoms with Crippen molar-refractivity contribution in [3.63, 3.8) is 0 Å². The maximum atomic E-state index is 13.2. The second kappa shape index (κ2) is 6.19. The molecule has 94 valence electrons. The lowest BCUT2D eigenvalue weighted by Gasteiger charge is -2.06. The first kappa shape index (κ1) is 13.3. The van der Waals surface area contributed by atoms with Gasteiger partial charge in [-0.15, -0.1) is 0 Å². The van der Waals surface area contributed by atoms with Crippen molar-refractivity contribution in [1.82, 2.24) is 5.32 Å². The van der Waals surface area contributed by atoms with Crippen LogP contribution >= 0.6 is 23.2 Å². The third-order valence-corrected chi connectivity index (χ3v) is 3.11. The van der Waals surface area contributed by atoms with Gasteiger partial charge in [0.15, 0.2) is 0 Å². The zero-order chi connectivity index (χ0) is 13.0. The van der Waals surface area contributed by atoms with Gasteiger partial charge in [0.1, 0.15) is 5.82 Å². The molecule has 0 heterocycles. The quantitative estimate of drug-likeness (QED) is 0.876. The minimum atomic E-state index is -0.387. The molecule has 0 aromatic heterocycles. The normalized spacial score (nSPS) is 10.6. The molecule has 1 nitrogen and oxygen atoms in total.